The minimum atomic E-state index is -0.640. The molecule has 1 atom stereocenters. The molecule has 1 N–H and O–H groups in total. The van der Waals surface area contributed by atoms with Gasteiger partial charge in [-0.2, -0.15) is 0 Å². The van der Waals surface area contributed by atoms with Crippen LogP contribution in [0.1, 0.15) is 24.4 Å². The molecule has 1 amide bonds. The zero-order chi connectivity index (χ0) is 15.4. The molecule has 0 bridgehead atoms. The van der Waals surface area contributed by atoms with Crippen molar-refractivity contribution in [3.05, 3.63) is 33.8 Å². The molecule has 1 aromatic heterocycles. The minimum Gasteiger partial charge on any atom is -0.481 e. The molecule has 7 heteroatoms. The number of anilines is 1. The van der Waals surface area contributed by atoms with Crippen LogP contribution in [-0.2, 0) is 11.2 Å². The van der Waals surface area contributed by atoms with Crippen LogP contribution >= 0.6 is 22.9 Å². The highest BCUT2D eigenvalue weighted by Gasteiger charge is 2.17. The first-order valence-corrected chi connectivity index (χ1v) is 7.75. The first-order valence-electron chi connectivity index (χ1n) is 6.55. The van der Waals surface area contributed by atoms with E-state index in [1.807, 2.05) is 13.8 Å². The Labute approximate surface area is 132 Å². The smallest absolute Gasteiger partial charge is 0.266 e. The molecule has 2 aromatic rings. The second-order valence-corrected chi connectivity index (χ2v) is 6.01. The number of ether oxygens (including phenoxy) is 1. The first-order chi connectivity index (χ1) is 9.99. The van der Waals surface area contributed by atoms with E-state index in [0.29, 0.717) is 15.9 Å². The lowest BCUT2D eigenvalue weighted by molar-refractivity contribution is -0.122. The molecule has 2 rings (SSSR count). The molecule has 0 aliphatic heterocycles. The minimum absolute atomic E-state index is 0.261. The molecule has 0 aliphatic rings. The van der Waals surface area contributed by atoms with Gasteiger partial charge in [0.1, 0.15) is 10.8 Å². The number of benzene rings is 1. The van der Waals surface area contributed by atoms with Gasteiger partial charge in [-0.25, -0.2) is 0 Å². The number of amides is 1. The molecule has 21 heavy (non-hydrogen) atoms. The van der Waals surface area contributed by atoms with Crippen molar-refractivity contribution in [3.63, 3.8) is 0 Å². The van der Waals surface area contributed by atoms with E-state index in [-0.39, 0.29) is 5.91 Å². The molecular formula is C14H16ClN3O2S. The van der Waals surface area contributed by atoms with Gasteiger partial charge in [-0.05, 0) is 44.0 Å². The van der Waals surface area contributed by atoms with Crippen LogP contribution in [-0.4, -0.2) is 22.2 Å². The van der Waals surface area contributed by atoms with Crippen molar-refractivity contribution >= 4 is 34.0 Å². The Morgan fingerprint density at radius 1 is 1.48 bits per heavy atom. The lowest BCUT2D eigenvalue weighted by Gasteiger charge is -2.15. The summed E-state index contributed by atoms with van der Waals surface area (Å²) in [7, 11) is 0. The van der Waals surface area contributed by atoms with Crippen molar-refractivity contribution in [2.75, 3.05) is 5.32 Å². The molecule has 0 spiro atoms. The summed E-state index contributed by atoms with van der Waals surface area (Å²) in [6, 6.07) is 5.27. The van der Waals surface area contributed by atoms with E-state index >= 15 is 0 Å². The van der Waals surface area contributed by atoms with Crippen LogP contribution in [0.3, 0.4) is 0 Å². The SMILES string of the molecule is CCc1nnc(NC(=O)C(C)Oc2ccc(Cl)cc2C)s1. The van der Waals surface area contributed by atoms with E-state index in [1.54, 1.807) is 25.1 Å². The second kappa shape index (κ2) is 6.87. The van der Waals surface area contributed by atoms with Crippen LogP contribution in [0.15, 0.2) is 18.2 Å². The van der Waals surface area contributed by atoms with Crippen LogP contribution in [0.25, 0.3) is 0 Å². The van der Waals surface area contributed by atoms with Crippen LogP contribution in [0, 0.1) is 6.92 Å². The average Bonchev–Trinajstić information content (AvgIpc) is 2.89. The third kappa shape index (κ3) is 4.15. The van der Waals surface area contributed by atoms with Gasteiger partial charge in [-0.1, -0.05) is 29.9 Å². The van der Waals surface area contributed by atoms with Crippen molar-refractivity contribution in [1.29, 1.82) is 0 Å². The highest BCUT2D eigenvalue weighted by molar-refractivity contribution is 7.15. The van der Waals surface area contributed by atoms with Gasteiger partial charge in [-0.15, -0.1) is 10.2 Å². The number of aryl methyl sites for hydroxylation is 2. The van der Waals surface area contributed by atoms with Crippen LogP contribution < -0.4 is 10.1 Å². The molecule has 0 radical (unpaired) electrons. The highest BCUT2D eigenvalue weighted by atomic mass is 35.5. The number of halogens is 1. The van der Waals surface area contributed by atoms with Crippen molar-refractivity contribution in [2.24, 2.45) is 0 Å². The Bertz CT molecular complexity index is 645. The zero-order valence-electron chi connectivity index (χ0n) is 12.0. The Balaban J connectivity index is 1.98. The highest BCUT2D eigenvalue weighted by Crippen LogP contribution is 2.23. The molecule has 0 aliphatic carbocycles. The fourth-order valence-corrected chi connectivity index (χ4v) is 2.55. The molecule has 0 fully saturated rings. The Kier molecular flexibility index (Phi) is 5.14. The van der Waals surface area contributed by atoms with E-state index in [0.717, 1.165) is 17.0 Å². The molecular weight excluding hydrogens is 310 g/mol. The second-order valence-electron chi connectivity index (χ2n) is 4.51. The van der Waals surface area contributed by atoms with Gasteiger partial charge >= 0.3 is 0 Å². The number of nitrogens with zero attached hydrogens (tertiary/aromatic N) is 2. The van der Waals surface area contributed by atoms with E-state index in [2.05, 4.69) is 15.5 Å². The maximum Gasteiger partial charge on any atom is 0.266 e. The van der Waals surface area contributed by atoms with Gasteiger partial charge in [0.2, 0.25) is 5.13 Å². The number of hydrogen-bond acceptors (Lipinski definition) is 5. The maximum absolute atomic E-state index is 12.1. The lowest BCUT2D eigenvalue weighted by atomic mass is 10.2. The number of rotatable bonds is 5. The number of carbonyl (C=O) groups is 1. The monoisotopic (exact) mass is 325 g/mol. The lowest BCUT2D eigenvalue weighted by Crippen LogP contribution is -2.30. The van der Waals surface area contributed by atoms with Crippen LogP contribution in [0.2, 0.25) is 5.02 Å². The molecule has 1 heterocycles. The summed E-state index contributed by atoms with van der Waals surface area (Å²) >= 11 is 7.25. The zero-order valence-corrected chi connectivity index (χ0v) is 13.6. The largest absolute Gasteiger partial charge is 0.481 e. The predicted molar refractivity (Wildman–Crippen MR) is 84.2 cm³/mol. The molecule has 0 saturated carbocycles. The summed E-state index contributed by atoms with van der Waals surface area (Å²) in [5, 5.41) is 12.6. The van der Waals surface area contributed by atoms with Gasteiger partial charge in [-0.3, -0.25) is 10.1 Å². The topological polar surface area (TPSA) is 64.1 Å². The molecule has 5 nitrogen and oxygen atoms in total. The maximum atomic E-state index is 12.1. The van der Waals surface area contributed by atoms with Crippen molar-refractivity contribution in [2.45, 2.75) is 33.3 Å². The molecule has 0 saturated heterocycles. The fraction of sp³-hybridized carbons (Fsp3) is 0.357. The summed E-state index contributed by atoms with van der Waals surface area (Å²) in [4.78, 5) is 12.1. The average molecular weight is 326 g/mol. The number of carbonyl (C=O) groups excluding carboxylic acids is 1. The standard InChI is InChI=1S/C14H16ClN3O2S/c1-4-12-17-18-14(21-12)16-13(19)9(3)20-11-6-5-10(15)7-8(11)2/h5-7,9H,4H2,1-3H3,(H,16,18,19). The summed E-state index contributed by atoms with van der Waals surface area (Å²) in [5.74, 6) is 0.372. The molecule has 112 valence electrons. The predicted octanol–water partition coefficient (Wildman–Crippen LogP) is 3.47. The Hall–Kier alpha value is -1.66. The summed E-state index contributed by atoms with van der Waals surface area (Å²) in [6.45, 7) is 5.55. The number of aromatic nitrogens is 2. The van der Waals surface area contributed by atoms with Gasteiger partial charge in [0.15, 0.2) is 6.10 Å². The van der Waals surface area contributed by atoms with E-state index in [4.69, 9.17) is 16.3 Å². The van der Waals surface area contributed by atoms with Gasteiger partial charge in [0, 0.05) is 5.02 Å². The van der Waals surface area contributed by atoms with E-state index in [1.165, 1.54) is 11.3 Å². The third-order valence-electron chi connectivity index (χ3n) is 2.81. The van der Waals surface area contributed by atoms with Gasteiger partial charge < -0.3 is 4.74 Å². The fourth-order valence-electron chi connectivity index (χ4n) is 1.64. The Morgan fingerprint density at radius 3 is 2.86 bits per heavy atom. The summed E-state index contributed by atoms with van der Waals surface area (Å²) in [6.07, 6.45) is 0.155. The van der Waals surface area contributed by atoms with Crippen LogP contribution in [0.5, 0.6) is 5.75 Å². The number of nitrogens with one attached hydrogen (secondary N) is 1. The molecule has 1 unspecified atom stereocenters. The van der Waals surface area contributed by atoms with Gasteiger partial charge in [0.25, 0.3) is 5.91 Å². The van der Waals surface area contributed by atoms with E-state index in [9.17, 15) is 4.79 Å². The quantitative estimate of drug-likeness (QED) is 0.914. The summed E-state index contributed by atoms with van der Waals surface area (Å²) in [5.41, 5.74) is 0.881. The summed E-state index contributed by atoms with van der Waals surface area (Å²) < 4.78 is 5.65. The van der Waals surface area contributed by atoms with Crippen molar-refractivity contribution < 1.29 is 9.53 Å². The first kappa shape index (κ1) is 15.7. The third-order valence-corrected chi connectivity index (χ3v) is 4.03. The van der Waals surface area contributed by atoms with Crippen molar-refractivity contribution in [1.82, 2.24) is 10.2 Å². The normalized spacial score (nSPS) is 12.0. The molecule has 1 aromatic carbocycles. The van der Waals surface area contributed by atoms with Crippen molar-refractivity contribution in [3.8, 4) is 5.75 Å². The van der Waals surface area contributed by atoms with Gasteiger partial charge in [0.05, 0.1) is 0 Å². The van der Waals surface area contributed by atoms with E-state index < -0.39 is 6.10 Å². The number of hydrogen-bond donors (Lipinski definition) is 1. The van der Waals surface area contributed by atoms with Crippen LogP contribution in [0.4, 0.5) is 5.13 Å². The Morgan fingerprint density at radius 2 is 2.24 bits per heavy atom.